The van der Waals surface area contributed by atoms with E-state index in [0.29, 0.717) is 35.9 Å². The number of ketones is 2. The summed E-state index contributed by atoms with van der Waals surface area (Å²) in [4.78, 5) is 36.7. The molecular formula is C23H32O4. The van der Waals surface area contributed by atoms with Gasteiger partial charge in [0.2, 0.25) is 0 Å². The number of hydrogen-bond acceptors (Lipinski definition) is 4. The number of rotatable bonds is 2. The highest BCUT2D eigenvalue weighted by molar-refractivity contribution is 5.91. The lowest BCUT2D eigenvalue weighted by Gasteiger charge is -2.55. The van der Waals surface area contributed by atoms with Gasteiger partial charge in [-0.05, 0) is 75.2 Å². The van der Waals surface area contributed by atoms with Crippen molar-refractivity contribution in [3.05, 3.63) is 11.6 Å². The van der Waals surface area contributed by atoms with Crippen molar-refractivity contribution in [3.63, 3.8) is 0 Å². The van der Waals surface area contributed by atoms with Crippen molar-refractivity contribution < 1.29 is 19.1 Å². The third kappa shape index (κ3) is 2.51. The van der Waals surface area contributed by atoms with Crippen LogP contribution in [0.25, 0.3) is 0 Å². The predicted octanol–water partition coefficient (Wildman–Crippen LogP) is 4.27. The van der Waals surface area contributed by atoms with Crippen molar-refractivity contribution in [2.45, 2.75) is 78.2 Å². The third-order valence-corrected chi connectivity index (χ3v) is 8.67. The Balaban J connectivity index is 1.70. The van der Waals surface area contributed by atoms with Crippen LogP contribution >= 0.6 is 0 Å². The molecule has 27 heavy (non-hydrogen) atoms. The molecule has 4 nitrogen and oxygen atoms in total. The summed E-state index contributed by atoms with van der Waals surface area (Å²) in [5, 5.41) is 0. The topological polar surface area (TPSA) is 60.4 Å². The van der Waals surface area contributed by atoms with Gasteiger partial charge in [-0.15, -0.1) is 0 Å². The first-order valence-electron chi connectivity index (χ1n) is 10.6. The van der Waals surface area contributed by atoms with E-state index in [1.165, 1.54) is 12.5 Å². The van der Waals surface area contributed by atoms with Gasteiger partial charge in [0.25, 0.3) is 0 Å². The van der Waals surface area contributed by atoms with E-state index in [4.69, 9.17) is 4.74 Å². The smallest absolute Gasteiger partial charge is 0.303 e. The van der Waals surface area contributed by atoms with Crippen molar-refractivity contribution in [2.24, 2.45) is 35.0 Å². The van der Waals surface area contributed by atoms with Gasteiger partial charge < -0.3 is 4.74 Å². The number of carbonyl (C=O) groups excluding carboxylic acids is 3. The molecule has 0 amide bonds. The highest BCUT2D eigenvalue weighted by Gasteiger charge is 2.69. The number of esters is 1. The van der Waals surface area contributed by atoms with Crippen LogP contribution < -0.4 is 0 Å². The van der Waals surface area contributed by atoms with Crippen molar-refractivity contribution in [1.29, 1.82) is 0 Å². The fraction of sp³-hybridized carbons (Fsp3) is 0.783. The quantitative estimate of drug-likeness (QED) is 0.679. The van der Waals surface area contributed by atoms with Gasteiger partial charge in [0.1, 0.15) is 0 Å². The number of carbonyl (C=O) groups is 3. The Morgan fingerprint density at radius 3 is 2.52 bits per heavy atom. The van der Waals surface area contributed by atoms with Crippen LogP contribution in [0.2, 0.25) is 0 Å². The fourth-order valence-electron chi connectivity index (χ4n) is 7.77. The molecule has 3 saturated carbocycles. The average molecular weight is 373 g/mol. The molecule has 4 rings (SSSR count). The Kier molecular flexibility index (Phi) is 4.40. The Morgan fingerprint density at radius 1 is 1.11 bits per heavy atom. The minimum atomic E-state index is -0.979. The highest BCUT2D eigenvalue weighted by atomic mass is 16.6. The van der Waals surface area contributed by atoms with Crippen molar-refractivity contribution in [3.8, 4) is 0 Å². The molecule has 3 fully saturated rings. The van der Waals surface area contributed by atoms with E-state index in [9.17, 15) is 14.4 Å². The molecule has 0 N–H and O–H groups in total. The summed E-state index contributed by atoms with van der Waals surface area (Å²) in [7, 11) is 0. The predicted molar refractivity (Wildman–Crippen MR) is 102 cm³/mol. The van der Waals surface area contributed by atoms with Crippen LogP contribution in [0.1, 0.15) is 72.6 Å². The molecule has 0 aromatic carbocycles. The highest BCUT2D eigenvalue weighted by Crippen LogP contribution is 2.67. The van der Waals surface area contributed by atoms with Crippen LogP contribution in [0.3, 0.4) is 0 Å². The average Bonchev–Trinajstić information content (AvgIpc) is 2.82. The summed E-state index contributed by atoms with van der Waals surface area (Å²) >= 11 is 0. The van der Waals surface area contributed by atoms with Gasteiger partial charge in [-0.3, -0.25) is 14.4 Å². The number of fused-ring (bicyclic) bond motifs is 5. The maximum atomic E-state index is 12.9. The lowest BCUT2D eigenvalue weighted by Crippen LogP contribution is -2.59. The molecular weight excluding hydrogens is 340 g/mol. The van der Waals surface area contributed by atoms with Crippen LogP contribution in [0.4, 0.5) is 0 Å². The maximum Gasteiger partial charge on any atom is 0.303 e. The van der Waals surface area contributed by atoms with Gasteiger partial charge in [-0.25, -0.2) is 0 Å². The lowest BCUT2D eigenvalue weighted by atomic mass is 9.50. The molecule has 0 saturated heterocycles. The zero-order valence-corrected chi connectivity index (χ0v) is 17.0. The molecule has 4 heteroatoms. The van der Waals surface area contributed by atoms with Crippen molar-refractivity contribution in [1.82, 2.24) is 0 Å². The van der Waals surface area contributed by atoms with E-state index in [2.05, 4.69) is 13.8 Å². The molecule has 0 aromatic rings. The van der Waals surface area contributed by atoms with Crippen LogP contribution in [0.15, 0.2) is 11.6 Å². The zero-order valence-electron chi connectivity index (χ0n) is 17.0. The molecule has 0 radical (unpaired) electrons. The van der Waals surface area contributed by atoms with E-state index in [-0.39, 0.29) is 23.1 Å². The lowest BCUT2D eigenvalue weighted by molar-refractivity contribution is -0.191. The van der Waals surface area contributed by atoms with E-state index < -0.39 is 5.60 Å². The SMILES string of the molecule is CC(=O)O[C@]1(C(C)=O)[C@H](C)C[C@H]2[C@@H]3CCC4=CC(=O)CC[C@@H]4[C@H]3CC[C@@]21C. The van der Waals surface area contributed by atoms with Gasteiger partial charge in [0, 0.05) is 24.7 Å². The summed E-state index contributed by atoms with van der Waals surface area (Å²) in [6.07, 6.45) is 8.65. The second kappa shape index (κ2) is 6.28. The van der Waals surface area contributed by atoms with Crippen LogP contribution in [0.5, 0.6) is 0 Å². The Labute approximate surface area is 162 Å². The van der Waals surface area contributed by atoms with Crippen molar-refractivity contribution in [2.75, 3.05) is 0 Å². The first-order valence-corrected chi connectivity index (χ1v) is 10.6. The third-order valence-electron chi connectivity index (χ3n) is 8.67. The molecule has 4 aliphatic carbocycles. The molecule has 0 aliphatic heterocycles. The molecule has 148 valence electrons. The molecule has 0 bridgehead atoms. The van der Waals surface area contributed by atoms with Gasteiger partial charge >= 0.3 is 5.97 Å². The first kappa shape index (κ1) is 18.9. The van der Waals surface area contributed by atoms with E-state index >= 15 is 0 Å². The summed E-state index contributed by atoms with van der Waals surface area (Å²) in [5.41, 5.74) is 0.115. The maximum absolute atomic E-state index is 12.9. The Hall–Kier alpha value is -1.45. The summed E-state index contributed by atoms with van der Waals surface area (Å²) < 4.78 is 5.90. The molecule has 0 aromatic heterocycles. The minimum Gasteiger partial charge on any atom is -0.450 e. The molecule has 0 heterocycles. The molecule has 7 atom stereocenters. The number of Topliss-reactive ketones (excluding diaryl/α,β-unsaturated/α-hetero) is 1. The van der Waals surface area contributed by atoms with Crippen molar-refractivity contribution >= 4 is 17.5 Å². The molecule has 0 spiro atoms. The summed E-state index contributed by atoms with van der Waals surface area (Å²) in [5.74, 6) is 2.14. The normalized spacial score (nSPS) is 46.0. The summed E-state index contributed by atoms with van der Waals surface area (Å²) in [6, 6.07) is 0. The minimum absolute atomic E-state index is 0.00769. The second-order valence-electron chi connectivity index (χ2n) is 9.78. The number of ether oxygens (including phenoxy) is 1. The fourth-order valence-corrected chi connectivity index (χ4v) is 7.77. The Bertz CT molecular complexity index is 722. The van der Waals surface area contributed by atoms with Gasteiger partial charge in [-0.2, -0.15) is 0 Å². The van der Waals surface area contributed by atoms with Gasteiger partial charge in [0.05, 0.1) is 0 Å². The first-order chi connectivity index (χ1) is 12.7. The van der Waals surface area contributed by atoms with Gasteiger partial charge in [0.15, 0.2) is 17.2 Å². The summed E-state index contributed by atoms with van der Waals surface area (Å²) in [6.45, 7) is 7.33. The second-order valence-corrected chi connectivity index (χ2v) is 9.78. The van der Waals surface area contributed by atoms with E-state index in [1.807, 2.05) is 6.08 Å². The Morgan fingerprint density at radius 2 is 1.85 bits per heavy atom. The zero-order chi connectivity index (χ0) is 19.6. The molecule has 4 aliphatic rings. The van der Waals surface area contributed by atoms with Crippen LogP contribution in [-0.2, 0) is 19.1 Å². The van der Waals surface area contributed by atoms with Crippen LogP contribution in [-0.4, -0.2) is 23.1 Å². The van der Waals surface area contributed by atoms with Gasteiger partial charge in [-0.1, -0.05) is 19.4 Å². The van der Waals surface area contributed by atoms with E-state index in [1.54, 1.807) is 6.92 Å². The standard InChI is InChI=1S/C23H32O4/c1-13-11-21-20-7-5-16-12-17(26)6-8-18(16)19(20)9-10-22(21,4)23(13,14(2)24)27-15(3)25/h12-13,18-21H,5-11H2,1-4H3/t13-,18+,19-,20-,21+,22+,23+/m1/s1. The number of allylic oxidation sites excluding steroid dienone is 1. The molecule has 0 unspecified atom stereocenters. The largest absolute Gasteiger partial charge is 0.450 e. The van der Waals surface area contributed by atoms with Crippen LogP contribution in [0, 0.1) is 35.0 Å². The monoisotopic (exact) mass is 372 g/mol. The number of hydrogen-bond donors (Lipinski definition) is 0. The van der Waals surface area contributed by atoms with E-state index in [0.717, 1.165) is 38.5 Å².